The topological polar surface area (TPSA) is 66.2 Å². The minimum absolute atomic E-state index is 0.246. The van der Waals surface area contributed by atoms with Crippen LogP contribution in [-0.4, -0.2) is 24.3 Å². The number of aliphatic imine (C=N–C) groups is 1. The monoisotopic (exact) mass is 457 g/mol. The lowest BCUT2D eigenvalue weighted by Gasteiger charge is -2.28. The summed E-state index contributed by atoms with van der Waals surface area (Å²) in [4.78, 5) is 4.85. The molecular formula is C29H35N3O2. The van der Waals surface area contributed by atoms with E-state index >= 15 is 0 Å². The maximum Gasteiger partial charge on any atom is 0.154 e. The van der Waals surface area contributed by atoms with Crippen molar-refractivity contribution in [3.05, 3.63) is 89.0 Å². The summed E-state index contributed by atoms with van der Waals surface area (Å²) in [6, 6.07) is 21.4. The van der Waals surface area contributed by atoms with Gasteiger partial charge in [-0.05, 0) is 64.9 Å². The molecule has 0 amide bonds. The third kappa shape index (κ3) is 6.25. The van der Waals surface area contributed by atoms with Crippen molar-refractivity contribution in [2.75, 3.05) is 7.11 Å². The maximum atomic E-state index is 11.1. The number of amidine groups is 1. The van der Waals surface area contributed by atoms with Gasteiger partial charge in [0.05, 0.1) is 19.0 Å². The van der Waals surface area contributed by atoms with Gasteiger partial charge in [0.25, 0.3) is 0 Å². The van der Waals surface area contributed by atoms with Crippen molar-refractivity contribution in [1.29, 1.82) is 0 Å². The Bertz CT molecular complexity index is 1130. The van der Waals surface area contributed by atoms with E-state index < -0.39 is 0 Å². The van der Waals surface area contributed by atoms with Crippen LogP contribution in [0.25, 0.3) is 0 Å². The van der Waals surface area contributed by atoms with Gasteiger partial charge in [-0.3, -0.25) is 5.43 Å². The molecule has 0 fully saturated rings. The average molecular weight is 458 g/mol. The van der Waals surface area contributed by atoms with Crippen LogP contribution >= 0.6 is 0 Å². The number of aromatic hydroxyl groups is 1. The van der Waals surface area contributed by atoms with Crippen LogP contribution in [0.1, 0.15) is 63.8 Å². The lowest BCUT2D eigenvalue weighted by Crippen LogP contribution is -2.23. The van der Waals surface area contributed by atoms with Gasteiger partial charge in [-0.15, -0.1) is 0 Å². The zero-order chi connectivity index (χ0) is 24.9. The second-order valence-corrected chi connectivity index (χ2v) is 10.4. The predicted octanol–water partition coefficient (Wildman–Crippen LogP) is 6.70. The van der Waals surface area contributed by atoms with Crippen LogP contribution in [0, 0.1) is 0 Å². The molecule has 0 aliphatic carbocycles. The highest BCUT2D eigenvalue weighted by atomic mass is 16.5. The third-order valence-corrected chi connectivity index (χ3v) is 5.50. The van der Waals surface area contributed by atoms with E-state index in [-0.39, 0.29) is 10.8 Å². The van der Waals surface area contributed by atoms with Gasteiger partial charge in [0.2, 0.25) is 0 Å². The van der Waals surface area contributed by atoms with Gasteiger partial charge in [-0.25, -0.2) is 4.99 Å². The van der Waals surface area contributed by atoms with E-state index in [1.807, 2.05) is 66.7 Å². The third-order valence-electron chi connectivity index (χ3n) is 5.50. The second kappa shape index (κ2) is 10.1. The molecule has 0 radical (unpaired) electrons. The van der Waals surface area contributed by atoms with E-state index in [1.54, 1.807) is 13.3 Å². The SMILES string of the molecule is COc1ccc(C=NNC(=Nc2ccccc2)c2cc(C(C)(C)C)c(O)c(C(C)(C)C)c2)cc1. The van der Waals surface area contributed by atoms with Crippen LogP contribution in [0.4, 0.5) is 5.69 Å². The van der Waals surface area contributed by atoms with Crippen molar-refractivity contribution >= 4 is 17.7 Å². The normalized spacial score (nSPS) is 12.7. The fourth-order valence-electron chi connectivity index (χ4n) is 3.56. The van der Waals surface area contributed by atoms with E-state index in [4.69, 9.17) is 9.73 Å². The van der Waals surface area contributed by atoms with Gasteiger partial charge in [0, 0.05) is 16.7 Å². The Labute approximate surface area is 203 Å². The molecule has 34 heavy (non-hydrogen) atoms. The summed E-state index contributed by atoms with van der Waals surface area (Å²) in [6.07, 6.45) is 1.75. The Kier molecular flexibility index (Phi) is 7.45. The molecule has 3 rings (SSSR count). The summed E-state index contributed by atoms with van der Waals surface area (Å²) < 4.78 is 5.22. The highest BCUT2D eigenvalue weighted by Crippen LogP contribution is 2.40. The van der Waals surface area contributed by atoms with Crippen LogP contribution in [0.15, 0.2) is 76.8 Å². The first-order chi connectivity index (χ1) is 16.0. The number of hydrogen-bond acceptors (Lipinski definition) is 4. The van der Waals surface area contributed by atoms with Crippen molar-refractivity contribution in [3.8, 4) is 11.5 Å². The van der Waals surface area contributed by atoms with Gasteiger partial charge < -0.3 is 9.84 Å². The van der Waals surface area contributed by atoms with Crippen molar-refractivity contribution < 1.29 is 9.84 Å². The van der Waals surface area contributed by atoms with Crippen molar-refractivity contribution in [2.24, 2.45) is 10.1 Å². The number of phenolic OH excluding ortho intramolecular Hbond substituents is 1. The Balaban J connectivity index is 2.09. The molecule has 0 heterocycles. The maximum absolute atomic E-state index is 11.1. The lowest BCUT2D eigenvalue weighted by molar-refractivity contribution is 0.415. The summed E-state index contributed by atoms with van der Waals surface area (Å²) in [5, 5.41) is 15.6. The molecule has 2 N–H and O–H groups in total. The number of methoxy groups -OCH3 is 1. The fourth-order valence-corrected chi connectivity index (χ4v) is 3.56. The number of hydrazone groups is 1. The van der Waals surface area contributed by atoms with Gasteiger partial charge >= 0.3 is 0 Å². The summed E-state index contributed by atoms with van der Waals surface area (Å²) >= 11 is 0. The van der Waals surface area contributed by atoms with Crippen molar-refractivity contribution in [2.45, 2.75) is 52.4 Å². The van der Waals surface area contributed by atoms with Crippen LogP contribution in [0.2, 0.25) is 0 Å². The van der Waals surface area contributed by atoms with Crippen molar-refractivity contribution in [3.63, 3.8) is 0 Å². The minimum Gasteiger partial charge on any atom is -0.507 e. The van der Waals surface area contributed by atoms with Gasteiger partial charge in [0.15, 0.2) is 5.84 Å². The molecule has 0 saturated carbocycles. The standard InChI is InChI=1S/C29H35N3O2/c1-28(2,3)24-17-21(18-25(26(24)33)29(4,5)6)27(31-22-11-9-8-10-12-22)32-30-19-20-13-15-23(34-7)16-14-20/h8-19,33H,1-7H3,(H,31,32). The summed E-state index contributed by atoms with van der Waals surface area (Å²) in [5.41, 5.74) is 7.01. The zero-order valence-corrected chi connectivity index (χ0v) is 21.2. The Morgan fingerprint density at radius 2 is 1.41 bits per heavy atom. The van der Waals surface area contributed by atoms with Gasteiger partial charge in [0.1, 0.15) is 11.5 Å². The second-order valence-electron chi connectivity index (χ2n) is 10.4. The van der Waals surface area contributed by atoms with Crippen LogP contribution < -0.4 is 10.2 Å². The van der Waals surface area contributed by atoms with Crippen LogP contribution in [0.3, 0.4) is 0 Å². The molecule has 3 aromatic carbocycles. The molecule has 0 atom stereocenters. The first-order valence-electron chi connectivity index (χ1n) is 11.4. The molecule has 0 aliphatic rings. The molecule has 0 spiro atoms. The zero-order valence-electron chi connectivity index (χ0n) is 21.2. The number of benzene rings is 3. The number of ether oxygens (including phenoxy) is 1. The molecule has 0 unspecified atom stereocenters. The molecular weight excluding hydrogens is 422 g/mol. The molecule has 0 bridgehead atoms. The molecule has 178 valence electrons. The quantitative estimate of drug-likeness (QED) is 0.255. The Morgan fingerprint density at radius 1 is 0.853 bits per heavy atom. The summed E-state index contributed by atoms with van der Waals surface area (Å²) in [7, 11) is 1.65. The highest BCUT2D eigenvalue weighted by molar-refractivity contribution is 6.01. The van der Waals surface area contributed by atoms with E-state index in [1.165, 1.54) is 0 Å². The largest absolute Gasteiger partial charge is 0.507 e. The highest BCUT2D eigenvalue weighted by Gasteiger charge is 2.27. The Hall–Kier alpha value is -3.60. The first kappa shape index (κ1) is 25.0. The van der Waals surface area contributed by atoms with E-state index in [0.717, 1.165) is 33.7 Å². The number of phenols is 1. The molecule has 0 saturated heterocycles. The van der Waals surface area contributed by atoms with E-state index in [2.05, 4.69) is 52.1 Å². The Morgan fingerprint density at radius 3 is 1.91 bits per heavy atom. The predicted molar refractivity (Wildman–Crippen MR) is 142 cm³/mol. The van der Waals surface area contributed by atoms with Gasteiger partial charge in [-0.2, -0.15) is 5.10 Å². The molecule has 5 heteroatoms. The number of para-hydroxylation sites is 1. The fraction of sp³-hybridized carbons (Fsp3) is 0.310. The number of rotatable bonds is 5. The molecule has 3 aromatic rings. The van der Waals surface area contributed by atoms with E-state index in [9.17, 15) is 5.11 Å². The number of hydrogen-bond donors (Lipinski definition) is 2. The molecule has 5 nitrogen and oxygen atoms in total. The smallest absolute Gasteiger partial charge is 0.154 e. The summed E-state index contributed by atoms with van der Waals surface area (Å²) in [6.45, 7) is 12.6. The molecule has 0 aromatic heterocycles. The number of nitrogens with one attached hydrogen (secondary N) is 1. The average Bonchev–Trinajstić information content (AvgIpc) is 2.78. The minimum atomic E-state index is -0.246. The first-order valence-corrected chi connectivity index (χ1v) is 11.4. The van der Waals surface area contributed by atoms with Crippen LogP contribution in [-0.2, 0) is 10.8 Å². The van der Waals surface area contributed by atoms with E-state index in [0.29, 0.717) is 11.6 Å². The van der Waals surface area contributed by atoms with Gasteiger partial charge in [-0.1, -0.05) is 59.7 Å². The van der Waals surface area contributed by atoms with Crippen molar-refractivity contribution in [1.82, 2.24) is 5.43 Å². The number of nitrogens with zero attached hydrogens (tertiary/aromatic N) is 2. The van der Waals surface area contributed by atoms with Crippen LogP contribution in [0.5, 0.6) is 11.5 Å². The summed E-state index contributed by atoms with van der Waals surface area (Å²) in [5.74, 6) is 1.74. The lowest BCUT2D eigenvalue weighted by atomic mass is 9.78. The molecule has 0 aliphatic heterocycles.